The van der Waals surface area contributed by atoms with Gasteiger partial charge in [-0.1, -0.05) is 23.7 Å². The van der Waals surface area contributed by atoms with Crippen LogP contribution in [-0.4, -0.2) is 11.1 Å². The number of quaternary nitrogens is 1. The van der Waals surface area contributed by atoms with Crippen molar-refractivity contribution in [3.63, 3.8) is 0 Å². The first-order chi connectivity index (χ1) is 5.61. The molecule has 0 radical (unpaired) electrons. The molecule has 0 aromatic heterocycles. The highest BCUT2D eigenvalue weighted by atomic mass is 35.5. The standard InChI is InChI=1S/C8H7ClO3.H3N/c9-6-3-1-5(2-4-6)7(10)8(11)12;/h1-4,7,10H,(H,11,12);1H3. The minimum absolute atomic E-state index is 0. The topological polar surface area (TPSA) is 96.9 Å². The molecule has 1 aromatic rings. The second kappa shape index (κ2) is 4.81. The molecular weight excluding hydrogens is 194 g/mol. The Hall–Kier alpha value is -1.10. The van der Waals surface area contributed by atoms with Gasteiger partial charge in [0, 0.05) is 5.02 Å². The minimum Gasteiger partial charge on any atom is -0.547 e. The molecule has 13 heavy (non-hydrogen) atoms. The highest BCUT2D eigenvalue weighted by molar-refractivity contribution is 6.30. The molecule has 72 valence electrons. The Bertz CT molecular complexity index is 286. The average Bonchev–Trinajstić information content (AvgIpc) is 2.04. The third-order valence-electron chi connectivity index (χ3n) is 1.41. The number of aliphatic carboxylic acids is 1. The van der Waals surface area contributed by atoms with Crippen molar-refractivity contribution in [2.75, 3.05) is 0 Å². The van der Waals surface area contributed by atoms with Gasteiger partial charge in [-0.05, 0) is 17.7 Å². The van der Waals surface area contributed by atoms with Gasteiger partial charge in [0.15, 0.2) is 0 Å². The molecule has 0 bridgehead atoms. The molecule has 0 amide bonds. The van der Waals surface area contributed by atoms with Crippen molar-refractivity contribution in [3.8, 4) is 0 Å². The molecular formula is C8H10ClNO3. The molecule has 0 aliphatic rings. The molecule has 5 heteroatoms. The van der Waals surface area contributed by atoms with Gasteiger partial charge in [0.2, 0.25) is 0 Å². The van der Waals surface area contributed by atoms with E-state index in [0.717, 1.165) is 0 Å². The van der Waals surface area contributed by atoms with Gasteiger partial charge in [-0.2, -0.15) is 0 Å². The normalized spacial score (nSPS) is 11.5. The van der Waals surface area contributed by atoms with Crippen molar-refractivity contribution in [1.82, 2.24) is 6.15 Å². The molecule has 0 aliphatic carbocycles. The molecule has 0 saturated heterocycles. The summed E-state index contributed by atoms with van der Waals surface area (Å²) in [4.78, 5) is 10.2. The van der Waals surface area contributed by atoms with Crippen molar-refractivity contribution < 1.29 is 15.0 Å². The Morgan fingerprint density at radius 1 is 1.38 bits per heavy atom. The second-order valence-electron chi connectivity index (χ2n) is 2.27. The number of carbonyl (C=O) groups excluding carboxylic acids is 1. The van der Waals surface area contributed by atoms with E-state index in [-0.39, 0.29) is 11.7 Å². The first-order valence-electron chi connectivity index (χ1n) is 3.25. The second-order valence-corrected chi connectivity index (χ2v) is 2.71. The van der Waals surface area contributed by atoms with Crippen LogP contribution in [0.3, 0.4) is 0 Å². The predicted octanol–water partition coefficient (Wildman–Crippen LogP) is 0.499. The number of carbonyl (C=O) groups is 1. The Balaban J connectivity index is 0.00000144. The zero-order chi connectivity index (χ0) is 9.14. The van der Waals surface area contributed by atoms with Crippen molar-refractivity contribution in [3.05, 3.63) is 34.9 Å². The first-order valence-corrected chi connectivity index (χ1v) is 3.63. The van der Waals surface area contributed by atoms with E-state index >= 15 is 0 Å². The molecule has 0 spiro atoms. The predicted molar refractivity (Wildman–Crippen MR) is 47.4 cm³/mol. The van der Waals surface area contributed by atoms with E-state index in [0.29, 0.717) is 5.02 Å². The van der Waals surface area contributed by atoms with E-state index in [1.54, 1.807) is 0 Å². The number of rotatable bonds is 2. The van der Waals surface area contributed by atoms with Gasteiger partial charge in [0.25, 0.3) is 0 Å². The first kappa shape index (κ1) is 11.9. The molecule has 1 rings (SSSR count). The third-order valence-corrected chi connectivity index (χ3v) is 1.66. The largest absolute Gasteiger partial charge is 0.547 e. The van der Waals surface area contributed by atoms with E-state index in [9.17, 15) is 9.90 Å². The smallest absolute Gasteiger partial charge is 0.118 e. The highest BCUT2D eigenvalue weighted by Gasteiger charge is 2.06. The van der Waals surface area contributed by atoms with Crippen LogP contribution >= 0.6 is 11.6 Å². The minimum atomic E-state index is -1.58. The number of benzene rings is 1. The molecule has 0 aliphatic heterocycles. The lowest BCUT2D eigenvalue weighted by molar-refractivity contribution is -0.315. The van der Waals surface area contributed by atoms with Gasteiger partial charge in [-0.15, -0.1) is 0 Å². The molecule has 0 heterocycles. The molecule has 1 unspecified atom stereocenters. The van der Waals surface area contributed by atoms with Crippen LogP contribution in [0.4, 0.5) is 0 Å². The van der Waals surface area contributed by atoms with Crippen LogP contribution in [-0.2, 0) is 4.79 Å². The zero-order valence-electron chi connectivity index (χ0n) is 7.03. The maximum atomic E-state index is 10.2. The fraction of sp³-hybridized carbons (Fsp3) is 0.125. The summed E-state index contributed by atoms with van der Waals surface area (Å²) in [6, 6.07) is 5.87. The molecule has 0 fully saturated rings. The molecule has 1 aromatic carbocycles. The Morgan fingerprint density at radius 2 is 1.85 bits per heavy atom. The van der Waals surface area contributed by atoms with E-state index < -0.39 is 12.1 Å². The quantitative estimate of drug-likeness (QED) is 0.733. The van der Waals surface area contributed by atoms with E-state index in [1.165, 1.54) is 24.3 Å². The maximum Gasteiger partial charge on any atom is 0.118 e. The number of carboxylic acid groups (broad SMARTS) is 1. The lowest BCUT2D eigenvalue weighted by atomic mass is 10.1. The Kier molecular flexibility index (Phi) is 4.40. The zero-order valence-corrected chi connectivity index (χ0v) is 7.78. The van der Waals surface area contributed by atoms with E-state index in [1.807, 2.05) is 0 Å². The average molecular weight is 204 g/mol. The summed E-state index contributed by atoms with van der Waals surface area (Å²) in [6.07, 6.45) is -1.58. The van der Waals surface area contributed by atoms with Crippen LogP contribution in [0.1, 0.15) is 11.7 Å². The molecule has 0 saturated carbocycles. The third kappa shape index (κ3) is 3.02. The van der Waals surface area contributed by atoms with E-state index in [4.69, 9.17) is 16.7 Å². The van der Waals surface area contributed by atoms with Gasteiger partial charge >= 0.3 is 0 Å². The fourth-order valence-electron chi connectivity index (χ4n) is 0.781. The van der Waals surface area contributed by atoms with Crippen LogP contribution in [0.2, 0.25) is 5.02 Å². The molecule has 4 nitrogen and oxygen atoms in total. The molecule has 1 atom stereocenters. The molecule has 5 N–H and O–H groups in total. The number of carboxylic acids is 1. The van der Waals surface area contributed by atoms with E-state index in [2.05, 4.69) is 0 Å². The maximum absolute atomic E-state index is 10.2. The van der Waals surface area contributed by atoms with Gasteiger partial charge in [0.05, 0.1) is 5.97 Å². The number of hydrogen-bond donors (Lipinski definition) is 2. The number of aliphatic hydroxyl groups is 1. The summed E-state index contributed by atoms with van der Waals surface area (Å²) in [5.41, 5.74) is 0.263. The Morgan fingerprint density at radius 3 is 2.23 bits per heavy atom. The van der Waals surface area contributed by atoms with Crippen molar-refractivity contribution in [2.45, 2.75) is 6.10 Å². The van der Waals surface area contributed by atoms with Crippen molar-refractivity contribution in [2.24, 2.45) is 0 Å². The number of halogens is 1. The summed E-state index contributed by atoms with van der Waals surface area (Å²) in [5.74, 6) is -1.52. The summed E-state index contributed by atoms with van der Waals surface area (Å²) < 4.78 is 0. The number of aliphatic hydroxyl groups excluding tert-OH is 1. The fourth-order valence-corrected chi connectivity index (χ4v) is 0.907. The van der Waals surface area contributed by atoms with Gasteiger partial charge in [0.1, 0.15) is 6.10 Å². The number of hydrogen-bond acceptors (Lipinski definition) is 3. The van der Waals surface area contributed by atoms with Gasteiger partial charge in [-0.3, -0.25) is 0 Å². The highest BCUT2D eigenvalue weighted by Crippen LogP contribution is 2.15. The lowest BCUT2D eigenvalue weighted by Gasteiger charge is -2.10. The van der Waals surface area contributed by atoms with Crippen LogP contribution in [0, 0.1) is 0 Å². The Labute approximate surface area is 80.4 Å². The summed E-state index contributed by atoms with van der Waals surface area (Å²) in [6.45, 7) is 0. The lowest BCUT2D eigenvalue weighted by Crippen LogP contribution is -2.29. The summed E-state index contributed by atoms with van der Waals surface area (Å²) >= 11 is 5.55. The van der Waals surface area contributed by atoms with Crippen molar-refractivity contribution >= 4 is 17.6 Å². The summed E-state index contributed by atoms with van der Waals surface area (Å²) in [5, 5.41) is 19.7. The van der Waals surface area contributed by atoms with Crippen molar-refractivity contribution in [1.29, 1.82) is 0 Å². The van der Waals surface area contributed by atoms with Crippen LogP contribution in [0.5, 0.6) is 0 Å². The van der Waals surface area contributed by atoms with Crippen LogP contribution in [0.15, 0.2) is 24.3 Å². The SMILES string of the molecule is O=C([O-])C(O)c1ccc(Cl)cc1.[NH4+]. The van der Waals surface area contributed by atoms with Gasteiger partial charge in [-0.25, -0.2) is 0 Å². The monoisotopic (exact) mass is 203 g/mol. The van der Waals surface area contributed by atoms with Crippen LogP contribution < -0.4 is 11.3 Å². The van der Waals surface area contributed by atoms with Crippen LogP contribution in [0.25, 0.3) is 0 Å². The summed E-state index contributed by atoms with van der Waals surface area (Å²) in [7, 11) is 0. The van der Waals surface area contributed by atoms with Gasteiger partial charge < -0.3 is 21.2 Å².